The van der Waals surface area contributed by atoms with Crippen molar-refractivity contribution in [3.05, 3.63) is 0 Å². The second-order valence-corrected chi connectivity index (χ2v) is 2.41. The first-order chi connectivity index (χ1) is 4.22. The monoisotopic (exact) mass is 132 g/mol. The average molecular weight is 132 g/mol. The lowest BCUT2D eigenvalue weighted by Gasteiger charge is -2.15. The lowest BCUT2D eigenvalue weighted by molar-refractivity contribution is 0.0295. The minimum absolute atomic E-state index is 0.292. The van der Waals surface area contributed by atoms with E-state index in [-0.39, 0.29) is 6.10 Å². The second kappa shape index (κ2) is 4.77. The van der Waals surface area contributed by atoms with E-state index in [4.69, 9.17) is 4.74 Å². The van der Waals surface area contributed by atoms with E-state index in [1.807, 2.05) is 6.92 Å². The van der Waals surface area contributed by atoms with Gasteiger partial charge in [0.15, 0.2) is 0 Å². The topological polar surface area (TPSA) is 29.5 Å². The van der Waals surface area contributed by atoms with E-state index in [0.717, 1.165) is 6.42 Å². The van der Waals surface area contributed by atoms with Crippen LogP contribution in [0.15, 0.2) is 0 Å². The Hall–Kier alpha value is -0.0800. The summed E-state index contributed by atoms with van der Waals surface area (Å²) in [5.74, 6) is 0.352. The molecule has 0 bridgehead atoms. The van der Waals surface area contributed by atoms with E-state index in [1.165, 1.54) is 0 Å². The fraction of sp³-hybridized carbons (Fsp3) is 1.00. The molecule has 0 aromatic heterocycles. The molecule has 56 valence electrons. The molecule has 2 unspecified atom stereocenters. The molecule has 0 saturated carbocycles. The molecule has 2 atom stereocenters. The Kier molecular flexibility index (Phi) is 4.72. The standard InChI is InChI=1S/C7H16O2/c1-4-6(2)7(8)5-9-3/h6-8H,4-5H2,1-3H3. The van der Waals surface area contributed by atoms with E-state index >= 15 is 0 Å². The van der Waals surface area contributed by atoms with Gasteiger partial charge in [-0.15, -0.1) is 0 Å². The molecule has 2 nitrogen and oxygen atoms in total. The molecular formula is C7H16O2. The Labute approximate surface area is 56.8 Å². The van der Waals surface area contributed by atoms with Crippen LogP contribution in [0.1, 0.15) is 20.3 Å². The van der Waals surface area contributed by atoms with Crippen LogP contribution in [0.5, 0.6) is 0 Å². The number of hydrogen-bond acceptors (Lipinski definition) is 2. The van der Waals surface area contributed by atoms with Crippen molar-refractivity contribution in [2.75, 3.05) is 13.7 Å². The predicted octanol–water partition coefficient (Wildman–Crippen LogP) is 1.04. The zero-order chi connectivity index (χ0) is 7.28. The fourth-order valence-electron chi connectivity index (χ4n) is 0.607. The molecule has 0 rings (SSSR count). The van der Waals surface area contributed by atoms with E-state index in [1.54, 1.807) is 7.11 Å². The quantitative estimate of drug-likeness (QED) is 0.619. The van der Waals surface area contributed by atoms with Crippen LogP contribution in [0.2, 0.25) is 0 Å². The first-order valence-corrected chi connectivity index (χ1v) is 3.39. The normalized spacial score (nSPS) is 17.3. The number of methoxy groups -OCH3 is 1. The summed E-state index contributed by atoms with van der Waals surface area (Å²) < 4.78 is 4.78. The molecule has 0 aromatic rings. The minimum atomic E-state index is -0.292. The Morgan fingerprint density at radius 3 is 2.44 bits per heavy atom. The Bertz CT molecular complexity index is 63.9. The summed E-state index contributed by atoms with van der Waals surface area (Å²) in [6.45, 7) is 4.53. The number of rotatable bonds is 4. The van der Waals surface area contributed by atoms with Gasteiger partial charge >= 0.3 is 0 Å². The highest BCUT2D eigenvalue weighted by Gasteiger charge is 2.10. The van der Waals surface area contributed by atoms with Crippen LogP contribution in [-0.4, -0.2) is 24.9 Å². The van der Waals surface area contributed by atoms with Gasteiger partial charge in [0.2, 0.25) is 0 Å². The van der Waals surface area contributed by atoms with Gasteiger partial charge in [-0.3, -0.25) is 0 Å². The molecule has 0 aromatic carbocycles. The van der Waals surface area contributed by atoms with Crippen molar-refractivity contribution < 1.29 is 9.84 Å². The molecule has 0 aliphatic carbocycles. The maximum absolute atomic E-state index is 9.19. The molecule has 0 aliphatic rings. The van der Waals surface area contributed by atoms with Crippen molar-refractivity contribution in [2.45, 2.75) is 26.4 Å². The summed E-state index contributed by atoms with van der Waals surface area (Å²) in [6, 6.07) is 0. The molecule has 0 aliphatic heterocycles. The van der Waals surface area contributed by atoms with Crippen molar-refractivity contribution in [3.8, 4) is 0 Å². The number of hydrogen-bond donors (Lipinski definition) is 1. The zero-order valence-corrected chi connectivity index (χ0v) is 6.42. The highest BCUT2D eigenvalue weighted by atomic mass is 16.5. The molecule has 0 saturated heterocycles. The highest BCUT2D eigenvalue weighted by Crippen LogP contribution is 2.06. The van der Waals surface area contributed by atoms with Crippen LogP contribution in [0.4, 0.5) is 0 Å². The van der Waals surface area contributed by atoms with Crippen LogP contribution >= 0.6 is 0 Å². The molecule has 9 heavy (non-hydrogen) atoms. The maximum atomic E-state index is 9.19. The predicted molar refractivity (Wildman–Crippen MR) is 37.3 cm³/mol. The molecule has 2 heteroatoms. The van der Waals surface area contributed by atoms with Gasteiger partial charge < -0.3 is 9.84 Å². The minimum Gasteiger partial charge on any atom is -0.390 e. The highest BCUT2D eigenvalue weighted by molar-refractivity contribution is 4.60. The molecule has 0 spiro atoms. The van der Waals surface area contributed by atoms with Gasteiger partial charge in [-0.25, -0.2) is 0 Å². The van der Waals surface area contributed by atoms with Crippen LogP contribution in [-0.2, 0) is 4.74 Å². The van der Waals surface area contributed by atoms with E-state index < -0.39 is 0 Å². The number of ether oxygens (including phenoxy) is 1. The van der Waals surface area contributed by atoms with Gasteiger partial charge in [-0.1, -0.05) is 20.3 Å². The molecule has 0 radical (unpaired) electrons. The lowest BCUT2D eigenvalue weighted by Crippen LogP contribution is -2.22. The van der Waals surface area contributed by atoms with Crippen molar-refractivity contribution in [3.63, 3.8) is 0 Å². The second-order valence-electron chi connectivity index (χ2n) is 2.41. The van der Waals surface area contributed by atoms with Gasteiger partial charge in [0.05, 0.1) is 12.7 Å². The zero-order valence-electron chi connectivity index (χ0n) is 6.42. The third kappa shape index (κ3) is 3.49. The molecule has 0 fully saturated rings. The molecule has 1 N–H and O–H groups in total. The Balaban J connectivity index is 3.32. The fourth-order valence-corrected chi connectivity index (χ4v) is 0.607. The Morgan fingerprint density at radius 2 is 2.11 bits per heavy atom. The van der Waals surface area contributed by atoms with Crippen molar-refractivity contribution in [1.29, 1.82) is 0 Å². The van der Waals surface area contributed by atoms with Gasteiger partial charge in [-0.05, 0) is 5.92 Å². The molecule has 0 heterocycles. The van der Waals surface area contributed by atoms with E-state index in [9.17, 15) is 5.11 Å². The van der Waals surface area contributed by atoms with Crippen molar-refractivity contribution in [1.82, 2.24) is 0 Å². The third-order valence-electron chi connectivity index (χ3n) is 1.64. The molecular weight excluding hydrogens is 116 g/mol. The maximum Gasteiger partial charge on any atom is 0.0798 e. The van der Waals surface area contributed by atoms with Crippen molar-refractivity contribution >= 4 is 0 Å². The average Bonchev–Trinajstić information content (AvgIpc) is 1.87. The summed E-state index contributed by atoms with van der Waals surface area (Å²) in [5.41, 5.74) is 0. The van der Waals surface area contributed by atoms with Gasteiger partial charge in [0, 0.05) is 7.11 Å². The van der Waals surface area contributed by atoms with Gasteiger partial charge in [0.1, 0.15) is 0 Å². The van der Waals surface area contributed by atoms with Crippen LogP contribution in [0.3, 0.4) is 0 Å². The summed E-state index contributed by atoms with van der Waals surface area (Å²) in [4.78, 5) is 0. The number of aliphatic hydroxyl groups is 1. The smallest absolute Gasteiger partial charge is 0.0798 e. The van der Waals surface area contributed by atoms with Crippen LogP contribution in [0.25, 0.3) is 0 Å². The summed E-state index contributed by atoms with van der Waals surface area (Å²) in [5, 5.41) is 9.19. The van der Waals surface area contributed by atoms with E-state index in [0.29, 0.717) is 12.5 Å². The number of aliphatic hydroxyl groups excluding tert-OH is 1. The summed E-state index contributed by atoms with van der Waals surface area (Å²) >= 11 is 0. The van der Waals surface area contributed by atoms with E-state index in [2.05, 4.69) is 6.92 Å². The summed E-state index contributed by atoms with van der Waals surface area (Å²) in [6.07, 6.45) is 0.713. The third-order valence-corrected chi connectivity index (χ3v) is 1.64. The van der Waals surface area contributed by atoms with Gasteiger partial charge in [0.25, 0.3) is 0 Å². The molecule has 0 amide bonds. The van der Waals surface area contributed by atoms with Crippen molar-refractivity contribution in [2.24, 2.45) is 5.92 Å². The largest absolute Gasteiger partial charge is 0.390 e. The Morgan fingerprint density at radius 1 is 1.56 bits per heavy atom. The first-order valence-electron chi connectivity index (χ1n) is 3.39. The van der Waals surface area contributed by atoms with Crippen LogP contribution in [0, 0.1) is 5.92 Å². The van der Waals surface area contributed by atoms with Gasteiger partial charge in [-0.2, -0.15) is 0 Å². The lowest BCUT2D eigenvalue weighted by atomic mass is 10.0. The SMILES string of the molecule is CCC(C)C(O)COC. The first kappa shape index (κ1) is 8.92. The van der Waals surface area contributed by atoms with Crippen LogP contribution < -0.4 is 0 Å². The summed E-state index contributed by atoms with van der Waals surface area (Å²) in [7, 11) is 1.60.